The summed E-state index contributed by atoms with van der Waals surface area (Å²) in [5, 5.41) is 6.82. The van der Waals surface area contributed by atoms with Crippen molar-refractivity contribution in [2.45, 2.75) is 19.0 Å². The van der Waals surface area contributed by atoms with Gasteiger partial charge in [-0.25, -0.2) is 18.7 Å². The third-order valence-corrected chi connectivity index (χ3v) is 7.47. The van der Waals surface area contributed by atoms with Gasteiger partial charge in [0.1, 0.15) is 11.6 Å². The zero-order chi connectivity index (χ0) is 27.8. The molecule has 2 aliphatic rings. The van der Waals surface area contributed by atoms with Gasteiger partial charge in [0.25, 0.3) is 5.91 Å². The molecule has 40 heavy (non-hydrogen) atoms. The summed E-state index contributed by atoms with van der Waals surface area (Å²) in [7, 11) is 1.91. The van der Waals surface area contributed by atoms with Gasteiger partial charge in [0, 0.05) is 58.3 Å². The average Bonchev–Trinajstić information content (AvgIpc) is 3.39. The predicted molar refractivity (Wildman–Crippen MR) is 151 cm³/mol. The molecule has 0 radical (unpaired) electrons. The number of benzene rings is 3. The summed E-state index contributed by atoms with van der Waals surface area (Å²) in [5.74, 6) is -1.09. The molecule has 6 rings (SSSR count). The van der Waals surface area contributed by atoms with Crippen LogP contribution >= 0.6 is 11.6 Å². The number of likely N-dealkylation sites (N-methyl/N-ethyl adjacent to an activating group) is 1. The highest BCUT2D eigenvalue weighted by Crippen LogP contribution is 2.34. The van der Waals surface area contributed by atoms with E-state index in [1.54, 1.807) is 36.5 Å². The quantitative estimate of drug-likeness (QED) is 0.333. The zero-order valence-corrected chi connectivity index (χ0v) is 22.3. The standard InChI is InChI=1S/C30H25ClF2N6O/c1-34-21-11-12-39(16-21)29(40)17-5-8-20(9-6-17)37-30-36-15-18-14-35-28(26-24(32)3-2-4-25(26)33)23-13-19(31)7-10-22(23)27(18)38-30/h2-10,13,15,21,34H,11-12,14,16H2,1H3,(H,36,37,38). The van der Waals surface area contributed by atoms with Crippen molar-refractivity contribution in [3.63, 3.8) is 0 Å². The van der Waals surface area contributed by atoms with Crippen LogP contribution in [0, 0.1) is 11.6 Å². The van der Waals surface area contributed by atoms with Crippen LogP contribution in [0.5, 0.6) is 0 Å². The fourth-order valence-corrected chi connectivity index (χ4v) is 5.28. The fourth-order valence-electron chi connectivity index (χ4n) is 5.11. The number of nitrogens with zero attached hydrogens (tertiary/aromatic N) is 4. The lowest BCUT2D eigenvalue weighted by Crippen LogP contribution is -2.33. The van der Waals surface area contributed by atoms with Crippen LogP contribution in [-0.4, -0.2) is 52.7 Å². The number of halogens is 3. The Morgan fingerprint density at radius 2 is 1.82 bits per heavy atom. The third-order valence-electron chi connectivity index (χ3n) is 7.24. The largest absolute Gasteiger partial charge is 0.337 e. The summed E-state index contributed by atoms with van der Waals surface area (Å²) in [4.78, 5) is 28.5. The van der Waals surface area contributed by atoms with Gasteiger partial charge in [-0.1, -0.05) is 23.7 Å². The van der Waals surface area contributed by atoms with Gasteiger partial charge in [0.2, 0.25) is 5.95 Å². The van der Waals surface area contributed by atoms with Crippen LogP contribution in [0.4, 0.5) is 20.4 Å². The first-order chi connectivity index (χ1) is 19.4. The maximum atomic E-state index is 14.8. The lowest BCUT2D eigenvalue weighted by atomic mass is 9.95. The van der Waals surface area contributed by atoms with E-state index >= 15 is 0 Å². The Labute approximate surface area is 235 Å². The molecule has 1 atom stereocenters. The van der Waals surface area contributed by atoms with Gasteiger partial charge in [-0.3, -0.25) is 9.79 Å². The van der Waals surface area contributed by atoms with Gasteiger partial charge in [-0.15, -0.1) is 0 Å². The molecule has 0 bridgehead atoms. The van der Waals surface area contributed by atoms with Crippen molar-refractivity contribution in [2.75, 3.05) is 25.5 Å². The number of hydrogen-bond donors (Lipinski definition) is 2. The molecule has 0 saturated carbocycles. The number of carbonyl (C=O) groups is 1. The summed E-state index contributed by atoms with van der Waals surface area (Å²) in [6.45, 7) is 1.56. The van der Waals surface area contributed by atoms with Crippen LogP contribution in [0.25, 0.3) is 11.3 Å². The van der Waals surface area contributed by atoms with E-state index in [1.165, 1.54) is 18.2 Å². The molecule has 0 spiro atoms. The number of rotatable bonds is 5. The van der Waals surface area contributed by atoms with Crippen molar-refractivity contribution < 1.29 is 13.6 Å². The Hall–Kier alpha value is -4.21. The molecule has 1 amide bonds. The zero-order valence-electron chi connectivity index (χ0n) is 21.6. The Morgan fingerprint density at radius 1 is 1.05 bits per heavy atom. The normalized spacial score (nSPS) is 16.1. The van der Waals surface area contributed by atoms with E-state index in [2.05, 4.69) is 20.6 Å². The molecule has 1 unspecified atom stereocenters. The molecule has 10 heteroatoms. The molecule has 3 heterocycles. The molecule has 2 aliphatic heterocycles. The molecule has 7 nitrogen and oxygen atoms in total. The molecule has 1 saturated heterocycles. The second-order valence-electron chi connectivity index (χ2n) is 9.75. The minimum atomic E-state index is -0.711. The molecule has 3 aromatic carbocycles. The molecule has 202 valence electrons. The maximum Gasteiger partial charge on any atom is 0.253 e. The van der Waals surface area contributed by atoms with Crippen LogP contribution < -0.4 is 10.6 Å². The van der Waals surface area contributed by atoms with Crippen molar-refractivity contribution in [1.82, 2.24) is 20.2 Å². The van der Waals surface area contributed by atoms with E-state index in [0.717, 1.165) is 13.0 Å². The fraction of sp³-hybridized carbons (Fsp3) is 0.200. The van der Waals surface area contributed by atoms with E-state index in [4.69, 9.17) is 16.6 Å². The molecular formula is C30H25ClF2N6O. The van der Waals surface area contributed by atoms with Crippen molar-refractivity contribution in [2.24, 2.45) is 4.99 Å². The first-order valence-corrected chi connectivity index (χ1v) is 13.3. The lowest BCUT2D eigenvalue weighted by molar-refractivity contribution is 0.0789. The van der Waals surface area contributed by atoms with Gasteiger partial charge in [-0.05, 0) is 62.0 Å². The second kappa shape index (κ2) is 10.7. The predicted octanol–water partition coefficient (Wildman–Crippen LogP) is 5.60. The van der Waals surface area contributed by atoms with Crippen molar-refractivity contribution in [3.8, 4) is 11.3 Å². The lowest BCUT2D eigenvalue weighted by Gasteiger charge is -2.17. The van der Waals surface area contributed by atoms with Gasteiger partial charge < -0.3 is 15.5 Å². The summed E-state index contributed by atoms with van der Waals surface area (Å²) in [6.07, 6.45) is 2.59. The number of carbonyl (C=O) groups excluding carboxylic acids is 1. The minimum Gasteiger partial charge on any atom is -0.337 e. The topological polar surface area (TPSA) is 82.5 Å². The monoisotopic (exact) mass is 558 g/mol. The van der Waals surface area contributed by atoms with Crippen molar-refractivity contribution in [1.29, 1.82) is 0 Å². The maximum absolute atomic E-state index is 14.8. The first-order valence-electron chi connectivity index (χ1n) is 12.9. The summed E-state index contributed by atoms with van der Waals surface area (Å²) in [5.41, 5.74) is 3.67. The van der Waals surface area contributed by atoms with Crippen LogP contribution in [0.3, 0.4) is 0 Å². The number of likely N-dealkylation sites (tertiary alicyclic amines) is 1. The van der Waals surface area contributed by atoms with Crippen LogP contribution in [-0.2, 0) is 6.54 Å². The average molecular weight is 559 g/mol. The van der Waals surface area contributed by atoms with E-state index in [9.17, 15) is 13.6 Å². The van der Waals surface area contributed by atoms with Gasteiger partial charge >= 0.3 is 0 Å². The Kier molecular flexibility index (Phi) is 7.00. The second-order valence-corrected chi connectivity index (χ2v) is 10.2. The highest BCUT2D eigenvalue weighted by atomic mass is 35.5. The Bertz CT molecular complexity index is 1620. The minimum absolute atomic E-state index is 0.00272. The third kappa shape index (κ3) is 4.94. The molecule has 0 aliphatic carbocycles. The van der Waals surface area contributed by atoms with Gasteiger partial charge in [0.05, 0.1) is 23.5 Å². The van der Waals surface area contributed by atoms with Crippen LogP contribution in [0.2, 0.25) is 5.02 Å². The van der Waals surface area contributed by atoms with Crippen LogP contribution in [0.15, 0.2) is 71.9 Å². The summed E-state index contributed by atoms with van der Waals surface area (Å²) in [6, 6.07) is 16.3. The molecule has 1 aromatic heterocycles. The number of anilines is 2. The van der Waals surface area contributed by atoms with E-state index in [0.29, 0.717) is 57.2 Å². The first kappa shape index (κ1) is 26.0. The van der Waals surface area contributed by atoms with E-state index in [1.807, 2.05) is 24.1 Å². The summed E-state index contributed by atoms with van der Waals surface area (Å²) < 4.78 is 29.6. The SMILES string of the molecule is CNC1CCN(C(=O)c2ccc(Nc3ncc4c(n3)-c3ccc(Cl)cc3C(c3c(F)cccc3F)=NC4)cc2)C1. The number of aromatic nitrogens is 2. The smallest absolute Gasteiger partial charge is 0.253 e. The van der Waals surface area contributed by atoms with Crippen LogP contribution in [0.1, 0.15) is 33.5 Å². The molecule has 2 N–H and O–H groups in total. The highest BCUT2D eigenvalue weighted by Gasteiger charge is 2.27. The van der Waals surface area contributed by atoms with E-state index < -0.39 is 11.6 Å². The number of amides is 1. The number of hydrogen-bond acceptors (Lipinski definition) is 6. The Balaban J connectivity index is 1.29. The molecule has 4 aromatic rings. The number of aliphatic imine (C=N–C) groups is 1. The van der Waals surface area contributed by atoms with Gasteiger partial charge in [0.15, 0.2) is 0 Å². The van der Waals surface area contributed by atoms with Gasteiger partial charge in [-0.2, -0.15) is 0 Å². The Morgan fingerprint density at radius 3 is 2.55 bits per heavy atom. The van der Waals surface area contributed by atoms with Crippen molar-refractivity contribution >= 4 is 34.9 Å². The van der Waals surface area contributed by atoms with E-state index in [-0.39, 0.29) is 23.7 Å². The molecular weight excluding hydrogens is 534 g/mol. The summed E-state index contributed by atoms with van der Waals surface area (Å²) >= 11 is 6.30. The number of nitrogens with one attached hydrogen (secondary N) is 2. The highest BCUT2D eigenvalue weighted by molar-refractivity contribution is 6.31. The number of fused-ring (bicyclic) bond motifs is 3. The molecule has 1 fully saturated rings. The van der Waals surface area contributed by atoms with Crippen molar-refractivity contribution in [3.05, 3.63) is 106 Å².